The van der Waals surface area contributed by atoms with Gasteiger partial charge in [0.25, 0.3) is 0 Å². The van der Waals surface area contributed by atoms with Crippen molar-refractivity contribution in [1.82, 2.24) is 0 Å². The lowest BCUT2D eigenvalue weighted by atomic mass is 10.0. The Morgan fingerprint density at radius 2 is 1.94 bits per heavy atom. The smallest absolute Gasteiger partial charge is 0.387 e. The Kier molecular flexibility index (Phi) is 7.01. The van der Waals surface area contributed by atoms with Crippen molar-refractivity contribution in [1.29, 1.82) is 0 Å². The fourth-order valence-corrected chi connectivity index (χ4v) is 1.46. The van der Waals surface area contributed by atoms with Crippen molar-refractivity contribution in [2.75, 3.05) is 0 Å². The number of nitrogens with two attached hydrogens (primary N) is 1. The lowest BCUT2D eigenvalue weighted by Crippen LogP contribution is -2.13. The van der Waals surface area contributed by atoms with E-state index >= 15 is 0 Å². The number of para-hydroxylation sites is 1. The molecule has 0 aromatic heterocycles. The highest BCUT2D eigenvalue weighted by molar-refractivity contribution is 5.85. The van der Waals surface area contributed by atoms with Gasteiger partial charge in [-0.05, 0) is 12.5 Å². The maximum Gasteiger partial charge on any atom is 0.387 e. The fourth-order valence-electron chi connectivity index (χ4n) is 1.46. The van der Waals surface area contributed by atoms with Gasteiger partial charge in [-0.3, -0.25) is 0 Å². The van der Waals surface area contributed by atoms with Gasteiger partial charge in [0.05, 0.1) is 0 Å². The average molecular weight is 252 g/mol. The van der Waals surface area contributed by atoms with E-state index in [-0.39, 0.29) is 24.2 Å². The summed E-state index contributed by atoms with van der Waals surface area (Å²) in [7, 11) is 0. The molecular formula is C11H16ClF2NO. The number of benzene rings is 1. The van der Waals surface area contributed by atoms with Crippen LogP contribution >= 0.6 is 12.4 Å². The van der Waals surface area contributed by atoms with Crippen molar-refractivity contribution < 1.29 is 13.5 Å². The van der Waals surface area contributed by atoms with Crippen molar-refractivity contribution >= 4 is 12.4 Å². The van der Waals surface area contributed by atoms with Crippen molar-refractivity contribution in [3.63, 3.8) is 0 Å². The van der Waals surface area contributed by atoms with Crippen LogP contribution in [0.2, 0.25) is 0 Å². The van der Waals surface area contributed by atoms with Gasteiger partial charge in [-0.25, -0.2) is 0 Å². The molecule has 1 atom stereocenters. The van der Waals surface area contributed by atoms with Crippen LogP contribution in [0.5, 0.6) is 5.75 Å². The zero-order chi connectivity index (χ0) is 11.3. The molecule has 0 aliphatic carbocycles. The summed E-state index contributed by atoms with van der Waals surface area (Å²) in [4.78, 5) is 0. The summed E-state index contributed by atoms with van der Waals surface area (Å²) in [6.07, 6.45) is 1.66. The molecule has 0 spiro atoms. The monoisotopic (exact) mass is 251 g/mol. The molecule has 0 bridgehead atoms. The molecule has 1 rings (SSSR count). The number of hydrogen-bond donors (Lipinski definition) is 1. The highest BCUT2D eigenvalue weighted by atomic mass is 35.5. The van der Waals surface area contributed by atoms with E-state index in [4.69, 9.17) is 5.73 Å². The van der Waals surface area contributed by atoms with E-state index < -0.39 is 6.61 Å². The summed E-state index contributed by atoms with van der Waals surface area (Å²) in [6.45, 7) is -0.809. The van der Waals surface area contributed by atoms with E-state index in [0.717, 1.165) is 12.8 Å². The lowest BCUT2D eigenvalue weighted by Gasteiger charge is -2.15. The number of halogens is 3. The summed E-state index contributed by atoms with van der Waals surface area (Å²) < 4.78 is 28.6. The first-order valence-corrected chi connectivity index (χ1v) is 4.94. The minimum atomic E-state index is -2.81. The van der Waals surface area contributed by atoms with Crippen molar-refractivity contribution in [2.24, 2.45) is 5.73 Å². The fraction of sp³-hybridized carbons (Fsp3) is 0.455. The molecule has 5 heteroatoms. The number of alkyl halides is 2. The maximum absolute atomic E-state index is 12.1. The van der Waals surface area contributed by atoms with Gasteiger partial charge in [-0.2, -0.15) is 8.78 Å². The summed E-state index contributed by atoms with van der Waals surface area (Å²) >= 11 is 0. The molecule has 16 heavy (non-hydrogen) atoms. The van der Waals surface area contributed by atoms with Gasteiger partial charge in [0, 0.05) is 11.6 Å². The van der Waals surface area contributed by atoms with E-state index in [0.29, 0.717) is 5.56 Å². The summed E-state index contributed by atoms with van der Waals surface area (Å²) in [5.41, 5.74) is 6.50. The molecule has 2 N–H and O–H groups in total. The Hall–Kier alpha value is -0.870. The topological polar surface area (TPSA) is 35.2 Å². The second-order valence-electron chi connectivity index (χ2n) is 3.31. The molecule has 0 radical (unpaired) electrons. The van der Waals surface area contributed by atoms with Gasteiger partial charge in [-0.1, -0.05) is 31.5 Å². The van der Waals surface area contributed by atoms with Gasteiger partial charge in [0.15, 0.2) is 0 Å². The molecule has 0 aliphatic heterocycles. The zero-order valence-corrected chi connectivity index (χ0v) is 9.84. The molecule has 0 aliphatic rings. The van der Waals surface area contributed by atoms with Crippen LogP contribution < -0.4 is 10.5 Å². The Morgan fingerprint density at radius 1 is 1.31 bits per heavy atom. The van der Waals surface area contributed by atoms with E-state index in [1.165, 1.54) is 6.07 Å². The Labute approximate surface area is 100 Å². The zero-order valence-electron chi connectivity index (χ0n) is 9.03. The maximum atomic E-state index is 12.1. The lowest BCUT2D eigenvalue weighted by molar-refractivity contribution is -0.0506. The first kappa shape index (κ1) is 15.1. The van der Waals surface area contributed by atoms with Gasteiger partial charge in [0.2, 0.25) is 0 Å². The summed E-state index contributed by atoms with van der Waals surface area (Å²) in [5.74, 6) is 0.174. The summed E-state index contributed by atoms with van der Waals surface area (Å²) in [5, 5.41) is 0. The predicted octanol–water partition coefficient (Wildman–Crippen LogP) is 3.51. The molecule has 1 aromatic rings. The van der Waals surface area contributed by atoms with Crippen LogP contribution in [-0.4, -0.2) is 6.61 Å². The van der Waals surface area contributed by atoms with E-state index in [9.17, 15) is 8.78 Å². The van der Waals surface area contributed by atoms with Crippen LogP contribution in [0.25, 0.3) is 0 Å². The molecule has 92 valence electrons. The van der Waals surface area contributed by atoms with Crippen LogP contribution in [0.1, 0.15) is 31.4 Å². The normalized spacial score (nSPS) is 12.1. The van der Waals surface area contributed by atoms with Gasteiger partial charge >= 0.3 is 6.61 Å². The van der Waals surface area contributed by atoms with Crippen LogP contribution in [0, 0.1) is 0 Å². The van der Waals surface area contributed by atoms with Crippen LogP contribution in [0.15, 0.2) is 24.3 Å². The number of hydrogen-bond acceptors (Lipinski definition) is 2. The minimum absolute atomic E-state index is 0. The molecule has 2 nitrogen and oxygen atoms in total. The number of ether oxygens (including phenoxy) is 1. The van der Waals surface area contributed by atoms with Crippen LogP contribution in [0.4, 0.5) is 8.78 Å². The third kappa shape index (κ3) is 4.33. The quantitative estimate of drug-likeness (QED) is 0.869. The first-order valence-electron chi connectivity index (χ1n) is 4.94. The second-order valence-corrected chi connectivity index (χ2v) is 3.31. The molecule has 0 fully saturated rings. The first-order chi connectivity index (χ1) is 7.15. The van der Waals surface area contributed by atoms with E-state index in [2.05, 4.69) is 4.74 Å². The number of rotatable bonds is 5. The molecule has 0 saturated heterocycles. The largest absolute Gasteiger partial charge is 0.434 e. The molecule has 1 aromatic carbocycles. The van der Waals surface area contributed by atoms with Gasteiger partial charge in [-0.15, -0.1) is 12.4 Å². The standard InChI is InChI=1S/C11H15F2NO.ClH/c1-2-5-9(14)8-6-3-4-7-10(8)15-11(12)13;/h3-4,6-7,9,11H,2,5,14H2,1H3;1H/t9-;/m0./s1. The SMILES string of the molecule is CCC[C@H](N)c1ccccc1OC(F)F.Cl. The molecule has 0 saturated carbocycles. The van der Waals surface area contributed by atoms with Gasteiger partial charge in [0.1, 0.15) is 5.75 Å². The molecular weight excluding hydrogens is 236 g/mol. The third-order valence-corrected chi connectivity index (χ3v) is 2.13. The van der Waals surface area contributed by atoms with Crippen LogP contribution in [0.3, 0.4) is 0 Å². The second kappa shape index (κ2) is 7.41. The highest BCUT2D eigenvalue weighted by Crippen LogP contribution is 2.27. The highest BCUT2D eigenvalue weighted by Gasteiger charge is 2.13. The average Bonchev–Trinajstić information content (AvgIpc) is 2.18. The summed E-state index contributed by atoms with van der Waals surface area (Å²) in [6, 6.07) is 6.41. The van der Waals surface area contributed by atoms with Crippen molar-refractivity contribution in [2.45, 2.75) is 32.4 Å². The molecule has 0 amide bonds. The molecule has 0 heterocycles. The minimum Gasteiger partial charge on any atom is -0.434 e. The van der Waals surface area contributed by atoms with Crippen molar-refractivity contribution in [3.8, 4) is 5.75 Å². The van der Waals surface area contributed by atoms with E-state index in [1.54, 1.807) is 18.2 Å². The Balaban J connectivity index is 0.00000225. The predicted molar refractivity (Wildman–Crippen MR) is 62.2 cm³/mol. The Bertz CT molecular complexity index is 310. The van der Waals surface area contributed by atoms with E-state index in [1.807, 2.05) is 6.92 Å². The van der Waals surface area contributed by atoms with Crippen LogP contribution in [-0.2, 0) is 0 Å². The van der Waals surface area contributed by atoms with Gasteiger partial charge < -0.3 is 10.5 Å². The molecule has 0 unspecified atom stereocenters. The van der Waals surface area contributed by atoms with Crippen molar-refractivity contribution in [3.05, 3.63) is 29.8 Å². The third-order valence-electron chi connectivity index (χ3n) is 2.13. The Morgan fingerprint density at radius 3 is 2.50 bits per heavy atom.